The lowest BCUT2D eigenvalue weighted by atomic mass is 10.0. The quantitative estimate of drug-likeness (QED) is 0.567. The molecule has 4 N–H and O–H groups in total. The molecule has 1 aliphatic carbocycles. The number of nitrogens with two attached hydrogens (primary N) is 1. The van der Waals surface area contributed by atoms with Crippen molar-refractivity contribution in [2.75, 3.05) is 33.1 Å². The average Bonchev–Trinajstić information content (AvgIpc) is 3.20. The highest BCUT2D eigenvalue weighted by atomic mass is 16.5. The van der Waals surface area contributed by atoms with Crippen molar-refractivity contribution in [2.45, 2.75) is 19.5 Å². The minimum atomic E-state index is -0.460. The van der Waals surface area contributed by atoms with Gasteiger partial charge in [0.2, 0.25) is 0 Å². The maximum absolute atomic E-state index is 12.6. The van der Waals surface area contributed by atoms with Crippen LogP contribution in [0.2, 0.25) is 0 Å². The molecule has 0 saturated carbocycles. The number of aliphatic hydroxyl groups excluding tert-OH is 1. The summed E-state index contributed by atoms with van der Waals surface area (Å²) in [5.74, 6) is -0.175. The van der Waals surface area contributed by atoms with Crippen LogP contribution in [-0.2, 0) is 27.4 Å². The summed E-state index contributed by atoms with van der Waals surface area (Å²) in [7, 11) is 2.71. The number of aliphatic hydroxyl groups is 1. The average molecular weight is 363 g/mol. The van der Waals surface area contributed by atoms with E-state index in [1.807, 2.05) is 0 Å². The van der Waals surface area contributed by atoms with Gasteiger partial charge in [0.15, 0.2) is 23.0 Å². The van der Waals surface area contributed by atoms with Crippen LogP contribution < -0.4 is 16.6 Å². The van der Waals surface area contributed by atoms with Gasteiger partial charge in [-0.3, -0.25) is 14.3 Å². The number of hydrogen-bond donors (Lipinski definition) is 3. The number of allylic oxidation sites excluding steroid dienone is 1. The topological polar surface area (TPSA) is 133 Å². The molecule has 0 atom stereocenters. The number of carbonyl (C=O) groups is 1. The molecule has 2 aliphatic rings. The van der Waals surface area contributed by atoms with Crippen molar-refractivity contribution in [1.29, 1.82) is 0 Å². The Labute approximate surface area is 149 Å². The van der Waals surface area contributed by atoms with Gasteiger partial charge < -0.3 is 25.6 Å². The number of nitrogens with zero attached hydrogens (tertiary/aromatic N) is 3. The Bertz CT molecular complexity index is 890. The lowest BCUT2D eigenvalue weighted by molar-refractivity contribution is -0.118. The van der Waals surface area contributed by atoms with Crippen LogP contribution in [0.25, 0.3) is 0 Å². The van der Waals surface area contributed by atoms with Crippen LogP contribution >= 0.6 is 0 Å². The lowest BCUT2D eigenvalue weighted by Gasteiger charge is -2.20. The van der Waals surface area contributed by atoms with Gasteiger partial charge >= 0.3 is 0 Å². The first-order valence-electron chi connectivity index (χ1n) is 8.15. The van der Waals surface area contributed by atoms with Crippen molar-refractivity contribution in [1.82, 2.24) is 14.7 Å². The molecule has 26 heavy (non-hydrogen) atoms. The number of carbonyl (C=O) groups excluding carboxylic acids is 1. The number of nitrogens with one attached hydrogen (secondary N) is 1. The van der Waals surface area contributed by atoms with Crippen molar-refractivity contribution >= 4 is 23.0 Å². The molecule has 0 saturated heterocycles. The molecule has 0 radical (unpaired) electrons. The number of Topliss-reactive ketones (excluding diaryl/α,β-unsaturated/α-hetero) is 1. The monoisotopic (exact) mass is 363 g/mol. The molecule has 1 aromatic heterocycles. The molecule has 0 fully saturated rings. The summed E-state index contributed by atoms with van der Waals surface area (Å²) in [5, 5.41) is 12.0. The fraction of sp³-hybridized carbons (Fsp3) is 0.438. The van der Waals surface area contributed by atoms with E-state index >= 15 is 0 Å². The Kier molecular flexibility index (Phi) is 4.85. The highest BCUT2D eigenvalue weighted by molar-refractivity contribution is 6.23. The first-order chi connectivity index (χ1) is 12.5. The van der Waals surface area contributed by atoms with Gasteiger partial charge in [0.25, 0.3) is 11.3 Å². The van der Waals surface area contributed by atoms with Crippen LogP contribution in [0, 0.1) is 0 Å². The second kappa shape index (κ2) is 7.08. The number of aromatic nitrogens is 2. The first-order valence-corrected chi connectivity index (χ1v) is 8.15. The predicted octanol–water partition coefficient (Wildman–Crippen LogP) is -0.739. The van der Waals surface area contributed by atoms with Gasteiger partial charge in [-0.1, -0.05) is 0 Å². The van der Waals surface area contributed by atoms with Crippen molar-refractivity contribution < 1.29 is 19.4 Å². The third-order valence-electron chi connectivity index (χ3n) is 4.24. The second-order valence-corrected chi connectivity index (χ2v) is 5.74. The van der Waals surface area contributed by atoms with Crippen molar-refractivity contribution in [3.63, 3.8) is 0 Å². The minimum Gasteiger partial charge on any atom is -0.492 e. The largest absolute Gasteiger partial charge is 0.492 e. The maximum Gasteiger partial charge on any atom is 0.294 e. The first kappa shape index (κ1) is 17.8. The van der Waals surface area contributed by atoms with E-state index < -0.39 is 5.78 Å². The summed E-state index contributed by atoms with van der Waals surface area (Å²) in [5.41, 5.74) is 6.42. The van der Waals surface area contributed by atoms with Crippen LogP contribution in [0.15, 0.2) is 33.1 Å². The van der Waals surface area contributed by atoms with Gasteiger partial charge in [0, 0.05) is 25.7 Å². The molecule has 3 rings (SSSR count). The minimum absolute atomic E-state index is 0.0121. The Morgan fingerprint density at radius 1 is 1.27 bits per heavy atom. The molecule has 1 aromatic rings. The van der Waals surface area contributed by atoms with E-state index in [0.717, 1.165) is 6.42 Å². The molecular weight excluding hydrogens is 342 g/mol. The number of ketones is 1. The molecule has 2 heterocycles. The number of fused-ring (bicyclic) bond motifs is 1. The molecular formula is C16H21N5O5. The summed E-state index contributed by atoms with van der Waals surface area (Å²) in [6.45, 7) is 1.25. The SMILES string of the molecule is COC1=C/C(=N\c2c(N)n3n(c2=O)CCC3)C(NCCO)=C(OC)C1=O. The zero-order valence-electron chi connectivity index (χ0n) is 14.6. The van der Waals surface area contributed by atoms with Crippen molar-refractivity contribution in [3.8, 4) is 0 Å². The number of hydrogen-bond acceptors (Lipinski definition) is 8. The smallest absolute Gasteiger partial charge is 0.294 e. The fourth-order valence-electron chi connectivity index (χ4n) is 3.04. The number of nitrogen functional groups attached to an aromatic ring is 1. The van der Waals surface area contributed by atoms with Crippen molar-refractivity contribution in [3.05, 3.63) is 33.6 Å². The Morgan fingerprint density at radius 3 is 2.62 bits per heavy atom. The molecule has 0 amide bonds. The maximum atomic E-state index is 12.6. The van der Waals surface area contributed by atoms with Crippen LogP contribution in [0.1, 0.15) is 6.42 Å². The van der Waals surface area contributed by atoms with Gasteiger partial charge in [-0.25, -0.2) is 9.67 Å². The van der Waals surface area contributed by atoms with E-state index in [0.29, 0.717) is 13.1 Å². The van der Waals surface area contributed by atoms with E-state index in [1.165, 1.54) is 20.3 Å². The van der Waals surface area contributed by atoms with E-state index in [2.05, 4.69) is 10.3 Å². The second-order valence-electron chi connectivity index (χ2n) is 5.74. The van der Waals surface area contributed by atoms with E-state index in [-0.39, 0.29) is 53.1 Å². The zero-order chi connectivity index (χ0) is 18.8. The number of rotatable bonds is 6. The summed E-state index contributed by atoms with van der Waals surface area (Å²) in [6, 6.07) is 0. The normalized spacial score (nSPS) is 18.2. The molecule has 0 unspecified atom stereocenters. The number of aliphatic imine (C=N–C) groups is 1. The molecule has 140 valence electrons. The molecule has 1 aliphatic heterocycles. The van der Waals surface area contributed by atoms with Gasteiger partial charge in [-0.2, -0.15) is 0 Å². The summed E-state index contributed by atoms with van der Waals surface area (Å²) in [4.78, 5) is 29.3. The van der Waals surface area contributed by atoms with E-state index in [1.54, 1.807) is 9.36 Å². The fourth-order valence-corrected chi connectivity index (χ4v) is 3.04. The third-order valence-corrected chi connectivity index (χ3v) is 4.24. The van der Waals surface area contributed by atoms with E-state index in [4.69, 9.17) is 20.3 Å². The number of methoxy groups -OCH3 is 2. The molecule has 10 nitrogen and oxygen atoms in total. The Balaban J connectivity index is 2.15. The summed E-state index contributed by atoms with van der Waals surface area (Å²) in [6.07, 6.45) is 2.26. The summed E-state index contributed by atoms with van der Waals surface area (Å²) < 4.78 is 13.5. The van der Waals surface area contributed by atoms with Crippen molar-refractivity contribution in [2.24, 2.45) is 4.99 Å². The van der Waals surface area contributed by atoms with Gasteiger partial charge in [0.1, 0.15) is 5.70 Å². The molecule has 10 heteroatoms. The molecule has 0 aromatic carbocycles. The van der Waals surface area contributed by atoms with Gasteiger partial charge in [-0.15, -0.1) is 0 Å². The number of anilines is 1. The number of ether oxygens (including phenoxy) is 2. The van der Waals surface area contributed by atoms with Crippen LogP contribution in [0.3, 0.4) is 0 Å². The Hall–Kier alpha value is -3.01. The summed E-state index contributed by atoms with van der Waals surface area (Å²) >= 11 is 0. The highest BCUT2D eigenvalue weighted by Gasteiger charge is 2.30. The zero-order valence-corrected chi connectivity index (χ0v) is 14.6. The van der Waals surface area contributed by atoms with E-state index in [9.17, 15) is 9.59 Å². The van der Waals surface area contributed by atoms with Crippen LogP contribution in [0.4, 0.5) is 11.5 Å². The van der Waals surface area contributed by atoms with Crippen LogP contribution in [0.5, 0.6) is 0 Å². The van der Waals surface area contributed by atoms with Gasteiger partial charge in [0.05, 0.1) is 26.5 Å². The predicted molar refractivity (Wildman–Crippen MR) is 94.0 cm³/mol. The third kappa shape index (κ3) is 2.77. The lowest BCUT2D eigenvalue weighted by Crippen LogP contribution is -2.31. The molecule has 0 spiro atoms. The van der Waals surface area contributed by atoms with Crippen LogP contribution in [-0.4, -0.2) is 53.3 Å². The highest BCUT2D eigenvalue weighted by Crippen LogP contribution is 2.26. The van der Waals surface area contributed by atoms with Gasteiger partial charge in [-0.05, 0) is 6.42 Å². The molecule has 0 bridgehead atoms. The standard InChI is InChI=1S/C16H21N5O5/c1-25-10-8-9(11(18-4-7-22)14(26-2)13(10)23)19-12-15(17)20-5-3-6-21(20)16(12)24/h8,18,22H,3-7,17H2,1-2H3/b19-9+. The Morgan fingerprint density at radius 2 is 2.00 bits per heavy atom.